The van der Waals surface area contributed by atoms with Gasteiger partial charge in [0.05, 0.1) is 44.2 Å². The number of rotatable bonds is 8. The molecule has 0 bridgehead atoms. The van der Waals surface area contributed by atoms with Gasteiger partial charge >= 0.3 is 0 Å². The third-order valence-electron chi connectivity index (χ3n) is 4.46. The van der Waals surface area contributed by atoms with Gasteiger partial charge in [0.15, 0.2) is 11.5 Å². The maximum atomic E-state index is 9.69. The molecule has 2 heterocycles. The first-order valence-corrected chi connectivity index (χ1v) is 9.65. The van der Waals surface area contributed by atoms with E-state index in [9.17, 15) is 5.11 Å². The van der Waals surface area contributed by atoms with Gasteiger partial charge in [-0.3, -0.25) is 4.90 Å². The molecule has 3 aromatic rings. The molecule has 1 aliphatic rings. The van der Waals surface area contributed by atoms with Gasteiger partial charge in [0.2, 0.25) is 0 Å². The Kier molecular flexibility index (Phi) is 4.16. The Hall–Kier alpha value is -2.81. The second-order valence-corrected chi connectivity index (χ2v) is 6.88. The van der Waals surface area contributed by atoms with E-state index in [4.69, 9.17) is 38.1 Å². The second kappa shape index (κ2) is 10.00. The Bertz CT molecular complexity index is 1390. The van der Waals surface area contributed by atoms with Crippen LogP contribution in [-0.2, 0) is 4.74 Å². The molecule has 0 aliphatic carbocycles. The Morgan fingerprint density at radius 3 is 2.94 bits per heavy atom. The SMILES string of the molecule is [2H]C([2H])([2H])Oc1cc2ncnc(Nc3ccc(O)c(Cl)c3)c2cc1OC([2H])([2H])C([2H])([2H])C([2H])([2H])N1CCOCC1. The van der Waals surface area contributed by atoms with Crippen LogP contribution in [0.4, 0.5) is 11.5 Å². The number of ether oxygens (including phenoxy) is 3. The number of morpholine rings is 1. The van der Waals surface area contributed by atoms with Gasteiger partial charge < -0.3 is 24.6 Å². The van der Waals surface area contributed by atoms with Crippen molar-refractivity contribution in [1.82, 2.24) is 14.9 Å². The fourth-order valence-electron chi connectivity index (χ4n) is 2.90. The largest absolute Gasteiger partial charge is 0.506 e. The molecule has 2 N–H and O–H groups in total. The van der Waals surface area contributed by atoms with Crippen molar-refractivity contribution in [2.45, 2.75) is 6.37 Å². The van der Waals surface area contributed by atoms with Crippen molar-refractivity contribution < 1.29 is 31.7 Å². The fourth-order valence-corrected chi connectivity index (χ4v) is 3.08. The van der Waals surface area contributed by atoms with Gasteiger partial charge in [-0.1, -0.05) is 11.6 Å². The predicted octanol–water partition coefficient (Wildman–Crippen LogP) is 3.84. The van der Waals surface area contributed by atoms with E-state index in [2.05, 4.69) is 15.3 Å². The maximum absolute atomic E-state index is 9.69. The van der Waals surface area contributed by atoms with Crippen LogP contribution in [0.2, 0.25) is 5.02 Å². The molecule has 1 aromatic heterocycles. The summed E-state index contributed by atoms with van der Waals surface area (Å²) in [6.07, 6.45) is -2.08. The lowest BCUT2D eigenvalue weighted by Crippen LogP contribution is -2.37. The van der Waals surface area contributed by atoms with Gasteiger partial charge in [0.25, 0.3) is 0 Å². The smallest absolute Gasteiger partial charge is 0.162 e. The van der Waals surface area contributed by atoms with Crippen LogP contribution in [0.3, 0.4) is 0 Å². The number of hydrogen-bond acceptors (Lipinski definition) is 8. The van der Waals surface area contributed by atoms with Crippen LogP contribution in [0.15, 0.2) is 36.7 Å². The molecule has 31 heavy (non-hydrogen) atoms. The van der Waals surface area contributed by atoms with Crippen molar-refractivity contribution in [3.05, 3.63) is 41.7 Å². The number of methoxy groups -OCH3 is 1. The van der Waals surface area contributed by atoms with Crippen molar-refractivity contribution in [1.29, 1.82) is 0 Å². The first-order valence-electron chi connectivity index (χ1n) is 13.8. The number of nitrogens with one attached hydrogen (secondary N) is 1. The fraction of sp³-hybridized carbons (Fsp3) is 0.364. The van der Waals surface area contributed by atoms with Crippen LogP contribution < -0.4 is 14.8 Å². The van der Waals surface area contributed by atoms with E-state index >= 15 is 0 Å². The average Bonchev–Trinajstić information content (AvgIpc) is 2.86. The molecular formula is C22H25ClN4O4. The van der Waals surface area contributed by atoms with Crippen molar-refractivity contribution in [2.24, 2.45) is 0 Å². The van der Waals surface area contributed by atoms with Crippen LogP contribution in [0.1, 0.15) is 18.7 Å². The Morgan fingerprint density at radius 2 is 2.13 bits per heavy atom. The molecule has 9 heteroatoms. The summed E-state index contributed by atoms with van der Waals surface area (Å²) in [5, 5.41) is 12.9. The molecule has 1 aliphatic heterocycles. The van der Waals surface area contributed by atoms with Crippen molar-refractivity contribution >= 4 is 34.0 Å². The van der Waals surface area contributed by atoms with Gasteiger partial charge in [-0.25, -0.2) is 9.97 Å². The summed E-state index contributed by atoms with van der Waals surface area (Å²) >= 11 is 5.98. The predicted molar refractivity (Wildman–Crippen MR) is 120 cm³/mol. The van der Waals surface area contributed by atoms with Crippen molar-refractivity contribution in [3.63, 3.8) is 0 Å². The molecule has 1 fully saturated rings. The van der Waals surface area contributed by atoms with E-state index in [0.29, 0.717) is 5.69 Å². The molecule has 0 atom stereocenters. The highest BCUT2D eigenvalue weighted by molar-refractivity contribution is 6.32. The molecular weight excluding hydrogens is 420 g/mol. The lowest BCUT2D eigenvalue weighted by Gasteiger charge is -2.26. The molecule has 0 spiro atoms. The third-order valence-corrected chi connectivity index (χ3v) is 4.76. The highest BCUT2D eigenvalue weighted by Gasteiger charge is 2.13. The number of aromatic hydroxyl groups is 1. The van der Waals surface area contributed by atoms with E-state index < -0.39 is 38.0 Å². The van der Waals surface area contributed by atoms with E-state index in [0.717, 1.165) is 11.0 Å². The summed E-state index contributed by atoms with van der Waals surface area (Å²) in [7, 11) is -2.99. The van der Waals surface area contributed by atoms with Crippen LogP contribution in [0, 0.1) is 0 Å². The van der Waals surface area contributed by atoms with E-state index in [1.165, 1.54) is 30.6 Å². The van der Waals surface area contributed by atoms with E-state index in [-0.39, 0.29) is 53.8 Å². The first kappa shape index (κ1) is 12.9. The topological polar surface area (TPSA) is 89.0 Å². The zero-order valence-electron chi connectivity index (χ0n) is 25.2. The van der Waals surface area contributed by atoms with Crippen LogP contribution in [0.25, 0.3) is 10.9 Å². The number of halogens is 1. The maximum Gasteiger partial charge on any atom is 0.162 e. The second-order valence-electron chi connectivity index (χ2n) is 6.47. The van der Waals surface area contributed by atoms with Gasteiger partial charge in [-0.05, 0) is 30.6 Å². The normalized spacial score (nSPS) is 20.6. The highest BCUT2D eigenvalue weighted by atomic mass is 35.5. The zero-order valence-corrected chi connectivity index (χ0v) is 16.9. The van der Waals surface area contributed by atoms with Crippen LogP contribution >= 0.6 is 11.6 Å². The molecule has 8 nitrogen and oxygen atoms in total. The molecule has 0 amide bonds. The molecule has 0 radical (unpaired) electrons. The minimum absolute atomic E-state index is 0.0274. The first-order chi connectivity index (χ1) is 18.5. The molecule has 164 valence electrons. The van der Waals surface area contributed by atoms with Gasteiger partial charge in [-0.15, -0.1) is 0 Å². The molecule has 4 rings (SSSR count). The lowest BCUT2D eigenvalue weighted by atomic mass is 10.2. The van der Waals surface area contributed by atoms with Gasteiger partial charge in [0.1, 0.15) is 17.9 Å². The third kappa shape index (κ3) is 5.28. The molecule has 0 unspecified atom stereocenters. The monoisotopic (exact) mass is 453 g/mol. The number of benzene rings is 2. The number of fused-ring (bicyclic) bond motifs is 1. The summed E-state index contributed by atoms with van der Waals surface area (Å²) in [5.41, 5.74) is 0.583. The highest BCUT2D eigenvalue weighted by Crippen LogP contribution is 2.35. The number of anilines is 2. The number of phenolic OH excluding ortho intramolecular Hbond substituents is 1. The number of phenols is 1. The quantitative estimate of drug-likeness (QED) is 0.497. The van der Waals surface area contributed by atoms with Crippen molar-refractivity contribution in [3.8, 4) is 17.2 Å². The van der Waals surface area contributed by atoms with Crippen molar-refractivity contribution in [2.75, 3.05) is 51.7 Å². The average molecular weight is 454 g/mol. The molecule has 2 aromatic carbocycles. The number of aromatic nitrogens is 2. The summed E-state index contributed by atoms with van der Waals surface area (Å²) in [4.78, 5) is 9.40. The van der Waals surface area contributed by atoms with Crippen LogP contribution in [-0.4, -0.2) is 66.4 Å². The zero-order chi connectivity index (χ0) is 29.5. The standard InChI is InChI=1S/C22H25ClN4O4/c1-29-20-13-18-16(12-21(20)31-8-2-5-27-6-9-30-10-7-27)22(25-14-24-18)26-15-3-4-19(28)17(23)11-15/h3-4,11-14,28H,2,5-10H2,1H3,(H,24,25,26)/i1D3,2D2,5D2,8D2. The van der Waals surface area contributed by atoms with Crippen LogP contribution in [0.5, 0.6) is 17.2 Å². The summed E-state index contributed by atoms with van der Waals surface area (Å²) in [5.74, 6) is -0.993. The van der Waals surface area contributed by atoms with E-state index in [1.807, 2.05) is 0 Å². The minimum Gasteiger partial charge on any atom is -0.506 e. The summed E-state index contributed by atoms with van der Waals surface area (Å²) < 4.78 is 88.8. The summed E-state index contributed by atoms with van der Waals surface area (Å²) in [6.45, 7) is -5.83. The minimum atomic E-state index is -3.33. The van der Waals surface area contributed by atoms with E-state index in [1.54, 1.807) is 0 Å². The molecule has 1 saturated heterocycles. The Morgan fingerprint density at radius 1 is 1.26 bits per heavy atom. The molecule has 0 saturated carbocycles. The van der Waals surface area contributed by atoms with Gasteiger partial charge in [0, 0.05) is 42.2 Å². The number of hydrogen-bond donors (Lipinski definition) is 2. The Balaban J connectivity index is 1.77. The Labute approximate surface area is 198 Å². The van der Waals surface area contributed by atoms with Gasteiger partial charge in [-0.2, -0.15) is 0 Å². The number of nitrogens with zero attached hydrogens (tertiary/aromatic N) is 3. The summed E-state index contributed by atoms with van der Waals surface area (Å²) in [6, 6.07) is 6.62. The lowest BCUT2D eigenvalue weighted by molar-refractivity contribution is 0.0357.